The fourth-order valence-electron chi connectivity index (χ4n) is 3.97. The van der Waals surface area contributed by atoms with E-state index in [0.29, 0.717) is 12.6 Å². The van der Waals surface area contributed by atoms with Gasteiger partial charge in [0.1, 0.15) is 0 Å². The van der Waals surface area contributed by atoms with Crippen molar-refractivity contribution in [2.24, 2.45) is 0 Å². The summed E-state index contributed by atoms with van der Waals surface area (Å²) in [5, 5.41) is 4.53. The predicted octanol–water partition coefficient (Wildman–Crippen LogP) is 4.31. The van der Waals surface area contributed by atoms with Crippen LogP contribution in [0.15, 0.2) is 24.3 Å². The summed E-state index contributed by atoms with van der Waals surface area (Å²) < 4.78 is 0. The Bertz CT molecular complexity index is 750. The fraction of sp³-hybridized carbons (Fsp3) is 0.524. The molecule has 1 N–H and O–H groups in total. The number of carbonyl (C=O) groups is 1. The summed E-state index contributed by atoms with van der Waals surface area (Å²) in [7, 11) is 1.95. The van der Waals surface area contributed by atoms with Gasteiger partial charge in [0.2, 0.25) is 5.91 Å². The van der Waals surface area contributed by atoms with Gasteiger partial charge < -0.3 is 10.2 Å². The third-order valence-corrected chi connectivity index (χ3v) is 5.49. The molecular formula is C21H29N3O. The molecule has 2 aromatic rings. The van der Waals surface area contributed by atoms with Gasteiger partial charge in [-0.2, -0.15) is 0 Å². The van der Waals surface area contributed by atoms with E-state index in [2.05, 4.69) is 18.3 Å². The molecule has 1 amide bonds. The maximum atomic E-state index is 12.7. The molecule has 0 saturated heterocycles. The van der Waals surface area contributed by atoms with E-state index >= 15 is 0 Å². The Morgan fingerprint density at radius 2 is 1.96 bits per heavy atom. The SMILES string of the molecule is CCc1c(C)nc2ccccc2c1NCC(=O)N(C)C1CCCCC1. The monoisotopic (exact) mass is 339 g/mol. The molecule has 134 valence electrons. The van der Waals surface area contributed by atoms with Crippen molar-refractivity contribution in [2.75, 3.05) is 18.9 Å². The first-order valence-corrected chi connectivity index (χ1v) is 9.49. The Labute approximate surface area is 150 Å². The lowest BCUT2D eigenvalue weighted by molar-refractivity contribution is -0.130. The molecule has 1 aliphatic carbocycles. The van der Waals surface area contributed by atoms with E-state index in [-0.39, 0.29) is 5.91 Å². The van der Waals surface area contributed by atoms with Crippen LogP contribution in [0.1, 0.15) is 50.3 Å². The number of amides is 1. The zero-order chi connectivity index (χ0) is 17.8. The number of rotatable bonds is 5. The zero-order valence-corrected chi connectivity index (χ0v) is 15.6. The minimum atomic E-state index is 0.174. The number of hydrogen-bond acceptors (Lipinski definition) is 3. The Morgan fingerprint density at radius 3 is 2.68 bits per heavy atom. The topological polar surface area (TPSA) is 45.2 Å². The molecule has 25 heavy (non-hydrogen) atoms. The molecule has 0 bridgehead atoms. The van der Waals surface area contributed by atoms with Gasteiger partial charge in [0.25, 0.3) is 0 Å². The third kappa shape index (κ3) is 3.78. The van der Waals surface area contributed by atoms with Crippen molar-refractivity contribution in [3.8, 4) is 0 Å². The van der Waals surface area contributed by atoms with Gasteiger partial charge in [-0.15, -0.1) is 0 Å². The molecular weight excluding hydrogens is 310 g/mol. The average Bonchev–Trinajstić information content (AvgIpc) is 2.65. The van der Waals surface area contributed by atoms with Gasteiger partial charge in [-0.3, -0.25) is 9.78 Å². The third-order valence-electron chi connectivity index (χ3n) is 5.49. The van der Waals surface area contributed by atoms with E-state index < -0.39 is 0 Å². The van der Waals surface area contributed by atoms with E-state index in [0.717, 1.165) is 41.5 Å². The van der Waals surface area contributed by atoms with Gasteiger partial charge in [-0.05, 0) is 37.8 Å². The number of fused-ring (bicyclic) bond motifs is 1. The van der Waals surface area contributed by atoms with Crippen LogP contribution in [0.25, 0.3) is 10.9 Å². The van der Waals surface area contributed by atoms with Gasteiger partial charge >= 0.3 is 0 Å². The fourth-order valence-corrected chi connectivity index (χ4v) is 3.97. The second-order valence-corrected chi connectivity index (χ2v) is 7.07. The van der Waals surface area contributed by atoms with Crippen LogP contribution in [0.4, 0.5) is 5.69 Å². The largest absolute Gasteiger partial charge is 0.375 e. The van der Waals surface area contributed by atoms with Gasteiger partial charge in [0.15, 0.2) is 0 Å². The van der Waals surface area contributed by atoms with Crippen molar-refractivity contribution < 1.29 is 4.79 Å². The van der Waals surface area contributed by atoms with Crippen LogP contribution in [-0.4, -0.2) is 35.4 Å². The van der Waals surface area contributed by atoms with E-state index in [4.69, 9.17) is 4.98 Å². The highest BCUT2D eigenvalue weighted by molar-refractivity contribution is 5.95. The Hall–Kier alpha value is -2.10. The number of aryl methyl sites for hydroxylation is 1. The van der Waals surface area contributed by atoms with Crippen LogP contribution < -0.4 is 5.32 Å². The Balaban J connectivity index is 1.79. The Morgan fingerprint density at radius 1 is 1.24 bits per heavy atom. The number of benzene rings is 1. The molecule has 3 rings (SSSR count). The maximum Gasteiger partial charge on any atom is 0.241 e. The number of para-hydroxylation sites is 1. The smallest absolute Gasteiger partial charge is 0.241 e. The molecule has 0 spiro atoms. The van der Waals surface area contributed by atoms with Gasteiger partial charge in [-0.1, -0.05) is 44.4 Å². The molecule has 1 aliphatic rings. The molecule has 4 nitrogen and oxygen atoms in total. The van der Waals surface area contributed by atoms with Gasteiger partial charge in [0.05, 0.1) is 12.1 Å². The van der Waals surface area contributed by atoms with Crippen molar-refractivity contribution in [1.29, 1.82) is 0 Å². The highest BCUT2D eigenvalue weighted by Gasteiger charge is 2.22. The van der Waals surface area contributed by atoms with Crippen LogP contribution in [0.3, 0.4) is 0 Å². The quantitative estimate of drug-likeness (QED) is 0.883. The van der Waals surface area contributed by atoms with E-state index in [1.54, 1.807) is 0 Å². The molecule has 1 aromatic carbocycles. The second kappa shape index (κ2) is 7.85. The summed E-state index contributed by atoms with van der Waals surface area (Å²) in [6.45, 7) is 4.53. The van der Waals surface area contributed by atoms with E-state index in [1.165, 1.54) is 24.8 Å². The second-order valence-electron chi connectivity index (χ2n) is 7.07. The van der Waals surface area contributed by atoms with Crippen LogP contribution in [0.5, 0.6) is 0 Å². The lowest BCUT2D eigenvalue weighted by Gasteiger charge is -2.31. The van der Waals surface area contributed by atoms with Crippen molar-refractivity contribution in [1.82, 2.24) is 9.88 Å². The number of nitrogens with one attached hydrogen (secondary N) is 1. The number of carbonyl (C=O) groups excluding carboxylic acids is 1. The van der Waals surface area contributed by atoms with Gasteiger partial charge in [-0.25, -0.2) is 0 Å². The minimum Gasteiger partial charge on any atom is -0.375 e. The van der Waals surface area contributed by atoms with Crippen LogP contribution in [0, 0.1) is 6.92 Å². The number of aromatic nitrogens is 1. The van der Waals surface area contributed by atoms with Crippen molar-refractivity contribution in [3.05, 3.63) is 35.5 Å². The average molecular weight is 339 g/mol. The van der Waals surface area contributed by atoms with Gasteiger partial charge in [0, 0.05) is 29.9 Å². The van der Waals surface area contributed by atoms with Crippen LogP contribution in [-0.2, 0) is 11.2 Å². The summed E-state index contributed by atoms with van der Waals surface area (Å²) in [6, 6.07) is 8.55. The van der Waals surface area contributed by atoms with Crippen molar-refractivity contribution >= 4 is 22.5 Å². The maximum absolute atomic E-state index is 12.7. The zero-order valence-electron chi connectivity index (χ0n) is 15.6. The first kappa shape index (κ1) is 17.7. The summed E-state index contributed by atoms with van der Waals surface area (Å²) in [5.41, 5.74) is 4.28. The molecule has 0 radical (unpaired) electrons. The van der Waals surface area contributed by atoms with E-state index in [1.807, 2.05) is 37.1 Å². The molecule has 1 fully saturated rings. The molecule has 0 unspecified atom stereocenters. The van der Waals surface area contributed by atoms with Crippen molar-refractivity contribution in [2.45, 2.75) is 58.4 Å². The summed E-state index contributed by atoms with van der Waals surface area (Å²) >= 11 is 0. The number of hydrogen-bond donors (Lipinski definition) is 1. The lowest BCUT2D eigenvalue weighted by atomic mass is 9.94. The highest BCUT2D eigenvalue weighted by atomic mass is 16.2. The first-order chi connectivity index (χ1) is 12.1. The standard InChI is InChI=1S/C21H29N3O/c1-4-17-15(2)23-19-13-9-8-12-18(19)21(17)22-14-20(25)24(3)16-10-6-5-7-11-16/h8-9,12-13,16H,4-7,10-11,14H2,1-3H3,(H,22,23). The number of anilines is 1. The molecule has 1 aromatic heterocycles. The molecule has 0 atom stereocenters. The van der Waals surface area contributed by atoms with Crippen LogP contribution in [0.2, 0.25) is 0 Å². The predicted molar refractivity (Wildman–Crippen MR) is 104 cm³/mol. The molecule has 0 aliphatic heterocycles. The highest BCUT2D eigenvalue weighted by Crippen LogP contribution is 2.29. The van der Waals surface area contributed by atoms with Crippen LogP contribution >= 0.6 is 0 Å². The molecule has 4 heteroatoms. The molecule has 1 heterocycles. The number of likely N-dealkylation sites (N-methyl/N-ethyl adjacent to an activating group) is 1. The minimum absolute atomic E-state index is 0.174. The summed E-state index contributed by atoms with van der Waals surface area (Å²) in [4.78, 5) is 19.3. The summed E-state index contributed by atoms with van der Waals surface area (Å²) in [6.07, 6.45) is 6.96. The number of nitrogens with zero attached hydrogens (tertiary/aromatic N) is 2. The molecule has 1 saturated carbocycles. The van der Waals surface area contributed by atoms with Crippen molar-refractivity contribution in [3.63, 3.8) is 0 Å². The normalized spacial score (nSPS) is 15.3. The first-order valence-electron chi connectivity index (χ1n) is 9.49. The number of pyridine rings is 1. The lowest BCUT2D eigenvalue weighted by Crippen LogP contribution is -2.41. The van der Waals surface area contributed by atoms with E-state index in [9.17, 15) is 4.79 Å². The Kier molecular flexibility index (Phi) is 5.57. The summed E-state index contributed by atoms with van der Waals surface area (Å²) in [5.74, 6) is 0.174.